The zero-order valence-corrected chi connectivity index (χ0v) is 9.90. The number of Topliss-reactive ketones (excluding diaryl/α,β-unsaturated/α-hetero) is 1. The van der Waals surface area contributed by atoms with Crippen LogP contribution < -0.4 is 0 Å². The second-order valence-corrected chi connectivity index (χ2v) is 3.75. The molecule has 1 rings (SSSR count). The van der Waals surface area contributed by atoms with E-state index in [-0.39, 0.29) is 18.0 Å². The van der Waals surface area contributed by atoms with E-state index in [2.05, 4.69) is 4.74 Å². The van der Waals surface area contributed by atoms with Crippen molar-refractivity contribution < 1.29 is 18.7 Å². The van der Waals surface area contributed by atoms with Crippen molar-refractivity contribution in [2.75, 3.05) is 7.11 Å². The largest absolute Gasteiger partial charge is 0.468 e. The van der Waals surface area contributed by atoms with E-state index in [0.717, 1.165) is 0 Å². The van der Waals surface area contributed by atoms with Gasteiger partial charge in [-0.25, -0.2) is 4.39 Å². The Kier molecular flexibility index (Phi) is 4.82. The fourth-order valence-electron chi connectivity index (χ4n) is 1.59. The summed E-state index contributed by atoms with van der Waals surface area (Å²) in [7, 11) is 1.26. The van der Waals surface area contributed by atoms with Crippen LogP contribution >= 0.6 is 0 Å². The molecule has 17 heavy (non-hydrogen) atoms. The zero-order valence-electron chi connectivity index (χ0n) is 9.90. The molecule has 0 spiro atoms. The highest BCUT2D eigenvalue weighted by molar-refractivity contribution is 5.99. The molecule has 0 heterocycles. The molecule has 0 aromatic heterocycles. The summed E-state index contributed by atoms with van der Waals surface area (Å²) < 4.78 is 17.2. The lowest BCUT2D eigenvalue weighted by Gasteiger charge is -2.11. The second-order valence-electron chi connectivity index (χ2n) is 3.75. The molecule has 0 fully saturated rings. The average molecular weight is 238 g/mol. The van der Waals surface area contributed by atoms with Crippen molar-refractivity contribution in [2.45, 2.75) is 19.8 Å². The van der Waals surface area contributed by atoms with Crippen molar-refractivity contribution in [1.82, 2.24) is 0 Å². The van der Waals surface area contributed by atoms with Crippen LogP contribution in [0.15, 0.2) is 24.3 Å². The van der Waals surface area contributed by atoms with Crippen LogP contribution in [-0.2, 0) is 20.7 Å². The van der Waals surface area contributed by atoms with E-state index in [1.807, 2.05) is 0 Å². The number of methoxy groups -OCH3 is 1. The maximum atomic E-state index is 12.7. The van der Waals surface area contributed by atoms with E-state index in [4.69, 9.17) is 0 Å². The van der Waals surface area contributed by atoms with Gasteiger partial charge in [0.2, 0.25) is 0 Å². The number of hydrogen-bond donors (Lipinski definition) is 0. The third-order valence-corrected chi connectivity index (χ3v) is 2.57. The number of rotatable bonds is 5. The van der Waals surface area contributed by atoms with Gasteiger partial charge < -0.3 is 4.74 Å². The van der Waals surface area contributed by atoms with Gasteiger partial charge in [-0.3, -0.25) is 9.59 Å². The third-order valence-electron chi connectivity index (χ3n) is 2.57. The lowest BCUT2D eigenvalue weighted by Crippen LogP contribution is -2.26. The molecule has 4 heteroatoms. The van der Waals surface area contributed by atoms with Crippen molar-refractivity contribution in [3.63, 3.8) is 0 Å². The Balaban J connectivity index is 2.70. The van der Waals surface area contributed by atoms with E-state index in [1.54, 1.807) is 6.92 Å². The molecule has 0 saturated carbocycles. The normalized spacial score (nSPS) is 11.9. The second kappa shape index (κ2) is 6.13. The molecule has 0 radical (unpaired) electrons. The van der Waals surface area contributed by atoms with E-state index in [0.29, 0.717) is 12.0 Å². The van der Waals surface area contributed by atoms with Crippen LogP contribution in [0, 0.1) is 11.7 Å². The van der Waals surface area contributed by atoms with Gasteiger partial charge in [-0.05, 0) is 24.1 Å². The number of hydrogen-bond acceptors (Lipinski definition) is 3. The molecule has 0 amide bonds. The monoisotopic (exact) mass is 238 g/mol. The highest BCUT2D eigenvalue weighted by Crippen LogP contribution is 2.12. The van der Waals surface area contributed by atoms with Crippen LogP contribution in [0.25, 0.3) is 0 Å². The number of ether oxygens (including phenoxy) is 1. The molecule has 1 aromatic rings. The van der Waals surface area contributed by atoms with Crippen LogP contribution in [0.1, 0.15) is 18.9 Å². The molecule has 3 nitrogen and oxygen atoms in total. The average Bonchev–Trinajstić information content (AvgIpc) is 2.32. The van der Waals surface area contributed by atoms with E-state index >= 15 is 0 Å². The number of esters is 1. The first-order valence-corrected chi connectivity index (χ1v) is 5.43. The third kappa shape index (κ3) is 3.66. The van der Waals surface area contributed by atoms with Crippen molar-refractivity contribution >= 4 is 11.8 Å². The summed E-state index contributed by atoms with van der Waals surface area (Å²) in [5.41, 5.74) is 0.693. The molecule has 1 unspecified atom stereocenters. The van der Waals surface area contributed by atoms with Gasteiger partial charge in [-0.2, -0.15) is 0 Å². The SMILES string of the molecule is CCC(C(=O)Cc1ccc(F)cc1)C(=O)OC. The minimum absolute atomic E-state index is 0.119. The summed E-state index contributed by atoms with van der Waals surface area (Å²) in [5.74, 6) is -1.79. The van der Waals surface area contributed by atoms with Gasteiger partial charge in [0.25, 0.3) is 0 Å². The minimum atomic E-state index is -0.731. The lowest BCUT2D eigenvalue weighted by molar-refractivity contribution is -0.149. The van der Waals surface area contributed by atoms with E-state index in [1.165, 1.54) is 31.4 Å². The van der Waals surface area contributed by atoms with Crippen LogP contribution in [0.2, 0.25) is 0 Å². The van der Waals surface area contributed by atoms with Gasteiger partial charge in [-0.15, -0.1) is 0 Å². The summed E-state index contributed by atoms with van der Waals surface area (Å²) in [6, 6.07) is 5.66. The molecule has 0 saturated heterocycles. The Morgan fingerprint density at radius 1 is 1.29 bits per heavy atom. The topological polar surface area (TPSA) is 43.4 Å². The highest BCUT2D eigenvalue weighted by atomic mass is 19.1. The lowest BCUT2D eigenvalue weighted by atomic mass is 9.96. The Labute approximate surface area is 99.6 Å². The smallest absolute Gasteiger partial charge is 0.316 e. The van der Waals surface area contributed by atoms with E-state index < -0.39 is 11.9 Å². The van der Waals surface area contributed by atoms with Crippen molar-refractivity contribution in [1.29, 1.82) is 0 Å². The highest BCUT2D eigenvalue weighted by Gasteiger charge is 2.25. The summed E-state index contributed by atoms with van der Waals surface area (Å²) in [6.45, 7) is 1.75. The number of carbonyl (C=O) groups excluding carboxylic acids is 2. The molecule has 0 aliphatic heterocycles. The molecular weight excluding hydrogens is 223 g/mol. The Bertz CT molecular complexity index is 398. The first kappa shape index (κ1) is 13.4. The standard InChI is InChI=1S/C13H15FO3/c1-3-11(13(16)17-2)12(15)8-9-4-6-10(14)7-5-9/h4-7,11H,3,8H2,1-2H3. The maximum absolute atomic E-state index is 12.7. The van der Waals surface area contributed by atoms with Gasteiger partial charge in [0.1, 0.15) is 11.7 Å². The first-order chi connectivity index (χ1) is 8.08. The van der Waals surface area contributed by atoms with Crippen LogP contribution in [-0.4, -0.2) is 18.9 Å². The van der Waals surface area contributed by atoms with Crippen molar-refractivity contribution in [2.24, 2.45) is 5.92 Å². The number of halogens is 1. The maximum Gasteiger partial charge on any atom is 0.316 e. The molecule has 0 N–H and O–H groups in total. The number of carbonyl (C=O) groups is 2. The zero-order chi connectivity index (χ0) is 12.8. The van der Waals surface area contributed by atoms with Crippen molar-refractivity contribution in [3.05, 3.63) is 35.6 Å². The van der Waals surface area contributed by atoms with Gasteiger partial charge in [0.15, 0.2) is 5.78 Å². The van der Waals surface area contributed by atoms with E-state index in [9.17, 15) is 14.0 Å². The summed E-state index contributed by atoms with van der Waals surface area (Å²) >= 11 is 0. The van der Waals surface area contributed by atoms with Crippen LogP contribution in [0.3, 0.4) is 0 Å². The van der Waals surface area contributed by atoms with Gasteiger partial charge >= 0.3 is 5.97 Å². The Hall–Kier alpha value is -1.71. The summed E-state index contributed by atoms with van der Waals surface area (Å²) in [5, 5.41) is 0. The predicted octanol–water partition coefficient (Wildman–Crippen LogP) is 2.14. The predicted molar refractivity (Wildman–Crippen MR) is 60.9 cm³/mol. The molecule has 0 aliphatic rings. The van der Waals surface area contributed by atoms with Gasteiger partial charge in [0.05, 0.1) is 7.11 Å². The van der Waals surface area contributed by atoms with Crippen LogP contribution in [0.4, 0.5) is 4.39 Å². The number of benzene rings is 1. The molecule has 0 aliphatic carbocycles. The van der Waals surface area contributed by atoms with Gasteiger partial charge in [-0.1, -0.05) is 19.1 Å². The Morgan fingerprint density at radius 2 is 1.88 bits per heavy atom. The molecular formula is C13H15FO3. The summed E-state index contributed by atoms with van der Waals surface area (Å²) in [6.07, 6.45) is 0.528. The molecule has 0 bridgehead atoms. The fraction of sp³-hybridized carbons (Fsp3) is 0.385. The molecule has 92 valence electrons. The number of ketones is 1. The van der Waals surface area contributed by atoms with Crippen molar-refractivity contribution in [3.8, 4) is 0 Å². The molecule has 1 atom stereocenters. The fourth-order valence-corrected chi connectivity index (χ4v) is 1.59. The summed E-state index contributed by atoms with van der Waals surface area (Å²) in [4.78, 5) is 23.2. The van der Waals surface area contributed by atoms with Crippen LogP contribution in [0.5, 0.6) is 0 Å². The minimum Gasteiger partial charge on any atom is -0.468 e. The first-order valence-electron chi connectivity index (χ1n) is 5.43. The van der Waals surface area contributed by atoms with Gasteiger partial charge in [0, 0.05) is 6.42 Å². The molecule has 1 aromatic carbocycles. The Morgan fingerprint density at radius 3 is 2.35 bits per heavy atom. The quantitative estimate of drug-likeness (QED) is 0.583.